The summed E-state index contributed by atoms with van der Waals surface area (Å²) in [5.41, 5.74) is 3.70. The molecule has 28 heavy (non-hydrogen) atoms. The second-order valence-corrected chi connectivity index (χ2v) is 8.27. The van der Waals surface area contributed by atoms with E-state index in [1.807, 2.05) is 41.8 Å². The normalized spacial score (nSPS) is 17.4. The Morgan fingerprint density at radius 1 is 1.07 bits per heavy atom. The van der Waals surface area contributed by atoms with E-state index in [9.17, 15) is 9.90 Å². The molecule has 144 valence electrons. The molecule has 1 aliphatic rings. The highest BCUT2D eigenvalue weighted by atomic mass is 32.1. The van der Waals surface area contributed by atoms with Crippen LogP contribution in [0.15, 0.2) is 66.0 Å². The molecule has 0 bridgehead atoms. The monoisotopic (exact) mass is 392 g/mol. The third-order valence-electron chi connectivity index (χ3n) is 5.39. The third-order valence-corrected chi connectivity index (χ3v) is 6.38. The molecule has 0 aliphatic heterocycles. The molecule has 3 aromatic rings. The van der Waals surface area contributed by atoms with Crippen molar-refractivity contribution in [3.05, 3.63) is 87.6 Å². The van der Waals surface area contributed by atoms with Crippen LogP contribution in [0, 0.1) is 0 Å². The number of thiophene rings is 1. The zero-order valence-corrected chi connectivity index (χ0v) is 16.5. The minimum atomic E-state index is -0.784. The molecule has 1 N–H and O–H groups in total. The van der Waals surface area contributed by atoms with Gasteiger partial charge in [-0.1, -0.05) is 42.5 Å². The van der Waals surface area contributed by atoms with Crippen molar-refractivity contribution in [1.29, 1.82) is 0 Å². The molecule has 3 nitrogen and oxygen atoms in total. The van der Waals surface area contributed by atoms with Gasteiger partial charge in [-0.15, -0.1) is 11.3 Å². The van der Waals surface area contributed by atoms with Gasteiger partial charge in [-0.3, -0.25) is 4.79 Å². The number of hydrogen-bond acceptors (Lipinski definition) is 3. The van der Waals surface area contributed by atoms with Crippen LogP contribution in [-0.2, 0) is 11.2 Å². The van der Waals surface area contributed by atoms with Crippen molar-refractivity contribution in [3.63, 3.8) is 0 Å². The molecule has 0 fully saturated rings. The first-order valence-electron chi connectivity index (χ1n) is 9.80. The van der Waals surface area contributed by atoms with Gasteiger partial charge in [0.2, 0.25) is 0 Å². The largest absolute Gasteiger partial charge is 0.486 e. The van der Waals surface area contributed by atoms with Crippen LogP contribution in [0.5, 0.6) is 5.75 Å². The summed E-state index contributed by atoms with van der Waals surface area (Å²) in [6.07, 6.45) is 4.68. The van der Waals surface area contributed by atoms with E-state index < -0.39 is 5.97 Å². The van der Waals surface area contributed by atoms with Gasteiger partial charge in [0, 0.05) is 10.8 Å². The lowest BCUT2D eigenvalue weighted by Crippen LogP contribution is -2.09. The van der Waals surface area contributed by atoms with Crippen LogP contribution in [0.25, 0.3) is 0 Å². The first-order chi connectivity index (χ1) is 13.7. The van der Waals surface area contributed by atoms with Crippen molar-refractivity contribution in [2.24, 2.45) is 0 Å². The molecule has 0 spiro atoms. The van der Waals surface area contributed by atoms with E-state index in [0.717, 1.165) is 35.5 Å². The van der Waals surface area contributed by atoms with Crippen LogP contribution >= 0.6 is 11.3 Å². The molecular weight excluding hydrogens is 368 g/mol. The summed E-state index contributed by atoms with van der Waals surface area (Å²) in [6, 6.07) is 20.5. The second kappa shape index (κ2) is 8.61. The summed E-state index contributed by atoms with van der Waals surface area (Å²) in [5, 5.41) is 11.3. The fraction of sp³-hybridized carbons (Fsp3) is 0.292. The lowest BCUT2D eigenvalue weighted by molar-refractivity contribution is -0.137. The maximum absolute atomic E-state index is 11.3. The molecule has 2 aromatic carbocycles. The van der Waals surface area contributed by atoms with Crippen LogP contribution < -0.4 is 4.74 Å². The number of aryl methyl sites for hydroxylation is 1. The van der Waals surface area contributed by atoms with E-state index in [2.05, 4.69) is 24.3 Å². The summed E-state index contributed by atoms with van der Waals surface area (Å²) >= 11 is 1.60. The summed E-state index contributed by atoms with van der Waals surface area (Å²) < 4.78 is 6.35. The minimum Gasteiger partial charge on any atom is -0.486 e. The Morgan fingerprint density at radius 3 is 2.64 bits per heavy atom. The molecule has 0 saturated heterocycles. The predicted octanol–water partition coefficient (Wildman–Crippen LogP) is 6.20. The maximum Gasteiger partial charge on any atom is 0.304 e. The molecule has 1 heterocycles. The number of carboxylic acids is 1. The fourth-order valence-corrected chi connectivity index (χ4v) is 4.84. The van der Waals surface area contributed by atoms with Crippen molar-refractivity contribution in [3.8, 4) is 5.75 Å². The molecule has 1 aromatic heterocycles. The van der Waals surface area contributed by atoms with Gasteiger partial charge in [-0.05, 0) is 66.0 Å². The van der Waals surface area contributed by atoms with Crippen LogP contribution in [0.3, 0.4) is 0 Å². The van der Waals surface area contributed by atoms with Gasteiger partial charge in [0.05, 0.1) is 6.42 Å². The van der Waals surface area contributed by atoms with Gasteiger partial charge in [0.1, 0.15) is 11.9 Å². The lowest BCUT2D eigenvalue weighted by Gasteiger charge is -2.20. The van der Waals surface area contributed by atoms with Crippen LogP contribution in [-0.4, -0.2) is 11.1 Å². The highest BCUT2D eigenvalue weighted by Crippen LogP contribution is 2.35. The smallest absolute Gasteiger partial charge is 0.304 e. The molecule has 0 radical (unpaired) electrons. The molecule has 2 unspecified atom stereocenters. The van der Waals surface area contributed by atoms with Crippen molar-refractivity contribution >= 4 is 17.3 Å². The summed E-state index contributed by atoms with van der Waals surface area (Å²) in [7, 11) is 0. The molecule has 1 aliphatic carbocycles. The molecular formula is C24H24O3S. The number of hydrogen-bond donors (Lipinski definition) is 1. The zero-order valence-electron chi connectivity index (χ0n) is 15.7. The van der Waals surface area contributed by atoms with Crippen LogP contribution in [0.4, 0.5) is 0 Å². The number of carbonyl (C=O) groups is 1. The Hall–Kier alpha value is -2.59. The van der Waals surface area contributed by atoms with Crippen molar-refractivity contribution in [2.45, 2.75) is 44.1 Å². The SMILES string of the molecule is O=C(O)CC(c1ccc(OC2CCCCc3ccccc32)cc1)c1cccs1. The van der Waals surface area contributed by atoms with Gasteiger partial charge in [0.15, 0.2) is 0 Å². The van der Waals surface area contributed by atoms with Crippen LogP contribution in [0.2, 0.25) is 0 Å². The highest BCUT2D eigenvalue weighted by molar-refractivity contribution is 7.10. The van der Waals surface area contributed by atoms with Crippen molar-refractivity contribution < 1.29 is 14.6 Å². The van der Waals surface area contributed by atoms with Gasteiger partial charge < -0.3 is 9.84 Å². The Morgan fingerprint density at radius 2 is 1.89 bits per heavy atom. The fourth-order valence-electron chi connectivity index (χ4n) is 3.99. The number of carboxylic acid groups (broad SMARTS) is 1. The first-order valence-corrected chi connectivity index (χ1v) is 10.7. The average molecular weight is 393 g/mol. The Balaban J connectivity index is 1.54. The van der Waals surface area contributed by atoms with Gasteiger partial charge >= 0.3 is 5.97 Å². The summed E-state index contributed by atoms with van der Waals surface area (Å²) in [6.45, 7) is 0. The quantitative estimate of drug-likeness (QED) is 0.508. The van der Waals surface area contributed by atoms with E-state index in [1.165, 1.54) is 17.5 Å². The number of fused-ring (bicyclic) bond motifs is 1. The topological polar surface area (TPSA) is 46.5 Å². The predicted molar refractivity (Wildman–Crippen MR) is 112 cm³/mol. The Bertz CT molecular complexity index is 915. The Kier molecular flexibility index (Phi) is 5.77. The lowest BCUT2D eigenvalue weighted by atomic mass is 9.94. The molecule has 0 saturated carbocycles. The Labute approximate surface area is 169 Å². The van der Waals surface area contributed by atoms with Crippen molar-refractivity contribution in [1.82, 2.24) is 0 Å². The summed E-state index contributed by atoms with van der Waals surface area (Å²) in [5.74, 6) is -0.0651. The van der Waals surface area contributed by atoms with E-state index in [1.54, 1.807) is 11.3 Å². The molecule has 2 atom stereocenters. The first kappa shape index (κ1) is 18.8. The third kappa shape index (κ3) is 4.28. The van der Waals surface area contributed by atoms with Crippen LogP contribution in [0.1, 0.15) is 59.3 Å². The summed E-state index contributed by atoms with van der Waals surface area (Å²) in [4.78, 5) is 12.4. The molecule has 0 amide bonds. The van der Waals surface area contributed by atoms with E-state index >= 15 is 0 Å². The van der Waals surface area contributed by atoms with Crippen molar-refractivity contribution in [2.75, 3.05) is 0 Å². The number of ether oxygens (including phenoxy) is 1. The van der Waals surface area contributed by atoms with E-state index in [0.29, 0.717) is 0 Å². The molecule has 4 heteroatoms. The van der Waals surface area contributed by atoms with E-state index in [4.69, 9.17) is 4.74 Å². The van der Waals surface area contributed by atoms with Gasteiger partial charge in [-0.25, -0.2) is 0 Å². The second-order valence-electron chi connectivity index (χ2n) is 7.29. The van der Waals surface area contributed by atoms with Gasteiger partial charge in [0.25, 0.3) is 0 Å². The highest BCUT2D eigenvalue weighted by Gasteiger charge is 2.21. The van der Waals surface area contributed by atoms with Gasteiger partial charge in [-0.2, -0.15) is 0 Å². The maximum atomic E-state index is 11.3. The number of rotatable bonds is 6. The molecule has 4 rings (SSSR count). The van der Waals surface area contributed by atoms with E-state index in [-0.39, 0.29) is 18.4 Å². The zero-order chi connectivity index (χ0) is 19.3. The standard InChI is InChI=1S/C24H24O3S/c25-24(26)16-21(23-10-5-15-28-23)18-11-13-19(14-12-18)27-22-9-4-2-7-17-6-1-3-8-20(17)22/h1,3,5-6,8,10-15,21-22H,2,4,7,9,16H2,(H,25,26). The number of aliphatic carboxylic acids is 1. The average Bonchev–Trinajstić information content (AvgIpc) is 3.16. The number of benzene rings is 2. The minimum absolute atomic E-state index is 0.0802.